The van der Waals surface area contributed by atoms with E-state index in [0.717, 1.165) is 11.1 Å². The van der Waals surface area contributed by atoms with Crippen molar-refractivity contribution >= 4 is 29.2 Å². The molecule has 2 rings (SSSR count). The molecule has 1 amide bonds. The Balaban J connectivity index is 2.02. The largest absolute Gasteiger partial charge is 0.481 e. The smallest absolute Gasteiger partial charge is 0.337 e. The highest BCUT2D eigenvalue weighted by molar-refractivity contribution is 6.32. The molecule has 0 fully saturated rings. The van der Waals surface area contributed by atoms with Gasteiger partial charge in [-0.15, -0.1) is 0 Å². The second-order valence-corrected chi connectivity index (χ2v) is 6.07. The van der Waals surface area contributed by atoms with E-state index in [4.69, 9.17) is 16.3 Å². The van der Waals surface area contributed by atoms with E-state index in [1.165, 1.54) is 7.11 Å². The van der Waals surface area contributed by atoms with Crippen molar-refractivity contribution in [2.24, 2.45) is 0 Å². The lowest BCUT2D eigenvalue weighted by atomic mass is 10.1. The Hall–Kier alpha value is -2.53. The van der Waals surface area contributed by atoms with Crippen molar-refractivity contribution < 1.29 is 19.1 Å². The third-order valence-electron chi connectivity index (χ3n) is 3.67. The van der Waals surface area contributed by atoms with E-state index in [9.17, 15) is 9.59 Å². The van der Waals surface area contributed by atoms with Gasteiger partial charge in [0.1, 0.15) is 5.75 Å². The molecule has 2 aromatic rings. The molecule has 5 nitrogen and oxygen atoms in total. The topological polar surface area (TPSA) is 64.6 Å². The zero-order valence-electron chi connectivity index (χ0n) is 14.6. The number of carbonyl (C=O) groups excluding carboxylic acids is 2. The zero-order chi connectivity index (χ0) is 18.6. The second-order valence-electron chi connectivity index (χ2n) is 5.69. The van der Waals surface area contributed by atoms with Crippen LogP contribution in [0.15, 0.2) is 36.4 Å². The molecule has 0 radical (unpaired) electrons. The van der Waals surface area contributed by atoms with Crippen LogP contribution in [0.2, 0.25) is 5.02 Å². The number of hydrogen-bond acceptors (Lipinski definition) is 4. The fourth-order valence-corrected chi connectivity index (χ4v) is 2.39. The van der Waals surface area contributed by atoms with Crippen LogP contribution in [0.25, 0.3) is 0 Å². The van der Waals surface area contributed by atoms with Crippen LogP contribution in [0.5, 0.6) is 5.75 Å². The highest BCUT2D eigenvalue weighted by Gasteiger charge is 2.16. The van der Waals surface area contributed by atoms with E-state index in [1.54, 1.807) is 43.3 Å². The van der Waals surface area contributed by atoms with Crippen LogP contribution in [0.3, 0.4) is 0 Å². The van der Waals surface area contributed by atoms with Crippen LogP contribution < -0.4 is 10.1 Å². The summed E-state index contributed by atoms with van der Waals surface area (Å²) in [4.78, 5) is 23.7. The van der Waals surface area contributed by atoms with Crippen molar-refractivity contribution in [2.45, 2.75) is 26.9 Å². The van der Waals surface area contributed by atoms with E-state index in [1.807, 2.05) is 13.8 Å². The number of hydrogen-bond donors (Lipinski definition) is 1. The molecule has 1 N–H and O–H groups in total. The molecule has 0 unspecified atom stereocenters. The number of ether oxygens (including phenoxy) is 2. The SMILES string of the molecule is COC(=O)c1ccc(NC(=O)[C@@H](C)Oc2cc(C)c(Cl)c(C)c2)cc1. The average molecular weight is 362 g/mol. The van der Waals surface area contributed by atoms with Crippen LogP contribution in [0.1, 0.15) is 28.4 Å². The predicted molar refractivity (Wildman–Crippen MR) is 97.4 cm³/mol. The van der Waals surface area contributed by atoms with Gasteiger partial charge in [0.2, 0.25) is 0 Å². The molecule has 1 atom stereocenters. The first-order chi connectivity index (χ1) is 11.8. The lowest BCUT2D eigenvalue weighted by molar-refractivity contribution is -0.122. The monoisotopic (exact) mass is 361 g/mol. The molecule has 0 aliphatic rings. The molecule has 0 aliphatic heterocycles. The molecule has 0 saturated carbocycles. The highest BCUT2D eigenvalue weighted by atomic mass is 35.5. The van der Waals surface area contributed by atoms with Gasteiger partial charge >= 0.3 is 5.97 Å². The van der Waals surface area contributed by atoms with Crippen LogP contribution in [0, 0.1) is 13.8 Å². The van der Waals surface area contributed by atoms with Gasteiger partial charge in [-0.05, 0) is 68.3 Å². The van der Waals surface area contributed by atoms with E-state index in [2.05, 4.69) is 10.1 Å². The van der Waals surface area contributed by atoms with E-state index in [0.29, 0.717) is 22.0 Å². The van der Waals surface area contributed by atoms with Gasteiger partial charge in [-0.1, -0.05) is 11.6 Å². The first-order valence-corrected chi connectivity index (χ1v) is 8.12. The Kier molecular flexibility index (Phi) is 6.04. The number of carbonyl (C=O) groups is 2. The Labute approximate surface area is 151 Å². The molecule has 0 spiro atoms. The Morgan fingerprint density at radius 3 is 2.16 bits per heavy atom. The standard InChI is InChI=1S/C19H20ClNO4/c1-11-9-16(10-12(2)17(11)20)25-13(3)18(22)21-15-7-5-14(6-8-15)19(23)24-4/h5-10,13H,1-4H3,(H,21,22)/t13-/m1/s1. The summed E-state index contributed by atoms with van der Waals surface area (Å²) in [5.41, 5.74) is 2.76. The van der Waals surface area contributed by atoms with E-state index in [-0.39, 0.29) is 5.91 Å². The van der Waals surface area contributed by atoms with Crippen LogP contribution >= 0.6 is 11.6 Å². The van der Waals surface area contributed by atoms with Gasteiger partial charge in [-0.25, -0.2) is 4.79 Å². The molecule has 0 aromatic heterocycles. The number of aryl methyl sites for hydroxylation is 2. The predicted octanol–water partition coefficient (Wildman–Crippen LogP) is 4.15. The lowest BCUT2D eigenvalue weighted by Crippen LogP contribution is -2.30. The van der Waals surface area contributed by atoms with E-state index >= 15 is 0 Å². The number of methoxy groups -OCH3 is 1. The second kappa shape index (κ2) is 8.03. The number of amides is 1. The Bertz CT molecular complexity index is 764. The average Bonchev–Trinajstić information content (AvgIpc) is 2.59. The molecular formula is C19H20ClNO4. The fraction of sp³-hybridized carbons (Fsp3) is 0.263. The highest BCUT2D eigenvalue weighted by Crippen LogP contribution is 2.26. The maximum Gasteiger partial charge on any atom is 0.337 e. The number of rotatable bonds is 5. The maximum atomic E-state index is 12.3. The summed E-state index contributed by atoms with van der Waals surface area (Å²) in [5, 5.41) is 3.43. The van der Waals surface area contributed by atoms with Crippen molar-refractivity contribution in [3.63, 3.8) is 0 Å². The maximum absolute atomic E-state index is 12.3. The third-order valence-corrected chi connectivity index (χ3v) is 4.26. The summed E-state index contributed by atoms with van der Waals surface area (Å²) in [7, 11) is 1.32. The Morgan fingerprint density at radius 2 is 1.64 bits per heavy atom. The summed E-state index contributed by atoms with van der Waals surface area (Å²) in [6, 6.07) is 10.0. The summed E-state index contributed by atoms with van der Waals surface area (Å²) in [5.74, 6) is -0.137. The number of halogens is 1. The van der Waals surface area contributed by atoms with Crippen LogP contribution in [-0.4, -0.2) is 25.1 Å². The molecule has 0 aliphatic carbocycles. The van der Waals surface area contributed by atoms with Gasteiger partial charge in [0.15, 0.2) is 6.10 Å². The van der Waals surface area contributed by atoms with Crippen LogP contribution in [0.4, 0.5) is 5.69 Å². The lowest BCUT2D eigenvalue weighted by Gasteiger charge is -2.16. The first kappa shape index (κ1) is 18.8. The van der Waals surface area contributed by atoms with Crippen molar-refractivity contribution in [2.75, 3.05) is 12.4 Å². The Morgan fingerprint density at radius 1 is 1.08 bits per heavy atom. The quantitative estimate of drug-likeness (QED) is 0.812. The minimum atomic E-state index is -0.694. The van der Waals surface area contributed by atoms with Gasteiger partial charge in [-0.3, -0.25) is 4.79 Å². The number of nitrogens with one attached hydrogen (secondary N) is 1. The molecule has 2 aromatic carbocycles. The third kappa shape index (κ3) is 4.73. The number of benzene rings is 2. The minimum absolute atomic E-state index is 0.295. The molecular weight excluding hydrogens is 342 g/mol. The van der Waals surface area contributed by atoms with E-state index < -0.39 is 12.1 Å². The number of esters is 1. The molecule has 0 saturated heterocycles. The van der Waals surface area contributed by atoms with Gasteiger partial charge in [0, 0.05) is 10.7 Å². The summed E-state index contributed by atoms with van der Waals surface area (Å²) in [6.07, 6.45) is -0.694. The van der Waals surface area contributed by atoms with Gasteiger partial charge in [0.05, 0.1) is 12.7 Å². The number of anilines is 1. The minimum Gasteiger partial charge on any atom is -0.481 e. The van der Waals surface area contributed by atoms with Gasteiger partial charge in [-0.2, -0.15) is 0 Å². The summed E-state index contributed by atoms with van der Waals surface area (Å²) >= 11 is 6.13. The van der Waals surface area contributed by atoms with Crippen molar-refractivity contribution in [1.82, 2.24) is 0 Å². The van der Waals surface area contributed by atoms with Crippen LogP contribution in [-0.2, 0) is 9.53 Å². The van der Waals surface area contributed by atoms with Crippen molar-refractivity contribution in [1.29, 1.82) is 0 Å². The summed E-state index contributed by atoms with van der Waals surface area (Å²) in [6.45, 7) is 5.43. The first-order valence-electron chi connectivity index (χ1n) is 7.74. The normalized spacial score (nSPS) is 11.6. The molecule has 25 heavy (non-hydrogen) atoms. The van der Waals surface area contributed by atoms with Gasteiger partial charge in [0.25, 0.3) is 5.91 Å². The fourth-order valence-electron chi connectivity index (χ4n) is 2.28. The van der Waals surface area contributed by atoms with Gasteiger partial charge < -0.3 is 14.8 Å². The van der Waals surface area contributed by atoms with Crippen molar-refractivity contribution in [3.05, 3.63) is 58.1 Å². The molecule has 0 heterocycles. The molecule has 0 bridgehead atoms. The summed E-state index contributed by atoms with van der Waals surface area (Å²) < 4.78 is 10.3. The molecule has 6 heteroatoms. The zero-order valence-corrected chi connectivity index (χ0v) is 15.3. The molecule has 132 valence electrons. The van der Waals surface area contributed by atoms with Crippen molar-refractivity contribution in [3.8, 4) is 5.75 Å².